The number of rotatable bonds is 5. The van der Waals surface area contributed by atoms with Crippen molar-refractivity contribution in [3.63, 3.8) is 0 Å². The molecule has 1 fully saturated rings. The number of carboxylic acids is 1. The molecule has 2 N–H and O–H groups in total. The van der Waals surface area contributed by atoms with E-state index < -0.39 is 11.5 Å². The van der Waals surface area contributed by atoms with Crippen LogP contribution in [0.3, 0.4) is 0 Å². The van der Waals surface area contributed by atoms with Crippen molar-refractivity contribution >= 4 is 5.97 Å². The molecule has 1 aromatic rings. The number of aromatic nitrogens is 1. The number of pyridine rings is 1. The van der Waals surface area contributed by atoms with Gasteiger partial charge in [0.2, 0.25) is 5.88 Å². The number of nitrogens with one attached hydrogen (secondary N) is 1. The van der Waals surface area contributed by atoms with Crippen molar-refractivity contribution in [2.45, 2.75) is 24.9 Å². The molecule has 1 saturated carbocycles. The Labute approximate surface area is 93.5 Å². The summed E-state index contributed by atoms with van der Waals surface area (Å²) >= 11 is 0. The molecule has 1 aliphatic rings. The Morgan fingerprint density at radius 3 is 3.00 bits per heavy atom. The average molecular weight is 222 g/mol. The molecule has 0 aromatic carbocycles. The van der Waals surface area contributed by atoms with Crippen molar-refractivity contribution in [3.8, 4) is 5.88 Å². The quantitative estimate of drug-likeness (QED) is 0.771. The number of carbonyl (C=O) groups is 1. The van der Waals surface area contributed by atoms with Crippen molar-refractivity contribution in [2.24, 2.45) is 0 Å². The molecular weight excluding hydrogens is 208 g/mol. The molecule has 0 radical (unpaired) electrons. The lowest BCUT2D eigenvalue weighted by molar-refractivity contribution is -0.140. The van der Waals surface area contributed by atoms with Crippen LogP contribution < -0.4 is 10.1 Å². The summed E-state index contributed by atoms with van der Waals surface area (Å²) in [5, 5.41) is 12.0. The summed E-state index contributed by atoms with van der Waals surface area (Å²) in [5.41, 5.74) is 0.151. The van der Waals surface area contributed by atoms with Gasteiger partial charge in [-0.2, -0.15) is 0 Å². The fourth-order valence-corrected chi connectivity index (χ4v) is 1.60. The first-order chi connectivity index (χ1) is 7.68. The van der Waals surface area contributed by atoms with Crippen LogP contribution in [0.4, 0.5) is 0 Å². The molecular formula is C11H14N2O3. The minimum atomic E-state index is -0.782. The van der Waals surface area contributed by atoms with Gasteiger partial charge in [0.1, 0.15) is 5.54 Å². The van der Waals surface area contributed by atoms with Gasteiger partial charge in [-0.3, -0.25) is 10.1 Å². The number of methoxy groups -OCH3 is 1. The maximum absolute atomic E-state index is 10.9. The van der Waals surface area contributed by atoms with Gasteiger partial charge < -0.3 is 9.84 Å². The predicted molar refractivity (Wildman–Crippen MR) is 57.2 cm³/mol. The van der Waals surface area contributed by atoms with Crippen molar-refractivity contribution in [1.82, 2.24) is 10.3 Å². The average Bonchev–Trinajstić information content (AvgIpc) is 3.08. The summed E-state index contributed by atoms with van der Waals surface area (Å²) in [5.74, 6) is -0.244. The Morgan fingerprint density at radius 2 is 2.44 bits per heavy atom. The van der Waals surface area contributed by atoms with Crippen LogP contribution in [0.15, 0.2) is 18.3 Å². The number of aliphatic carboxylic acids is 1. The minimum absolute atomic E-state index is 0.462. The highest BCUT2D eigenvalue weighted by atomic mass is 16.5. The number of hydrogen-bond donors (Lipinski definition) is 2. The van der Waals surface area contributed by atoms with Crippen molar-refractivity contribution in [3.05, 3.63) is 23.9 Å². The van der Waals surface area contributed by atoms with E-state index in [1.165, 1.54) is 0 Å². The standard InChI is InChI=1S/C11H14N2O3/c1-16-9-8(3-2-6-12-9)7-13-11(4-5-11)10(14)15/h2-3,6,13H,4-5,7H2,1H3,(H,14,15). The summed E-state index contributed by atoms with van der Waals surface area (Å²) in [4.78, 5) is 15.0. The second kappa shape index (κ2) is 4.09. The van der Waals surface area contributed by atoms with Gasteiger partial charge in [-0.15, -0.1) is 0 Å². The van der Waals surface area contributed by atoms with Gasteiger partial charge in [-0.1, -0.05) is 6.07 Å². The Kier molecular flexibility index (Phi) is 2.78. The zero-order chi connectivity index (χ0) is 11.6. The first-order valence-electron chi connectivity index (χ1n) is 5.14. The maximum Gasteiger partial charge on any atom is 0.323 e. The minimum Gasteiger partial charge on any atom is -0.481 e. The van der Waals surface area contributed by atoms with Gasteiger partial charge in [0.25, 0.3) is 0 Å². The van der Waals surface area contributed by atoms with E-state index >= 15 is 0 Å². The molecule has 0 bridgehead atoms. The fourth-order valence-electron chi connectivity index (χ4n) is 1.60. The van der Waals surface area contributed by atoms with Crippen LogP contribution in [-0.4, -0.2) is 28.7 Å². The number of carboxylic acid groups (broad SMARTS) is 1. The molecule has 1 heterocycles. The highest BCUT2D eigenvalue weighted by Crippen LogP contribution is 2.36. The van der Waals surface area contributed by atoms with E-state index in [1.54, 1.807) is 19.4 Å². The highest BCUT2D eigenvalue weighted by molar-refractivity contribution is 5.82. The van der Waals surface area contributed by atoms with Crippen LogP contribution in [0.1, 0.15) is 18.4 Å². The van der Waals surface area contributed by atoms with Gasteiger partial charge in [0.05, 0.1) is 7.11 Å². The van der Waals surface area contributed by atoms with Crippen LogP contribution >= 0.6 is 0 Å². The maximum atomic E-state index is 10.9. The topological polar surface area (TPSA) is 71.5 Å². The molecule has 5 nitrogen and oxygen atoms in total. The van der Waals surface area contributed by atoms with Crippen LogP contribution in [0, 0.1) is 0 Å². The second-order valence-corrected chi connectivity index (χ2v) is 3.91. The molecule has 2 rings (SSSR count). The molecule has 0 aliphatic heterocycles. The summed E-state index contributed by atoms with van der Waals surface area (Å²) < 4.78 is 5.09. The lowest BCUT2D eigenvalue weighted by Crippen LogP contribution is -2.38. The summed E-state index contributed by atoms with van der Waals surface area (Å²) in [7, 11) is 1.55. The highest BCUT2D eigenvalue weighted by Gasteiger charge is 2.49. The lowest BCUT2D eigenvalue weighted by Gasteiger charge is -2.13. The second-order valence-electron chi connectivity index (χ2n) is 3.91. The summed E-state index contributed by atoms with van der Waals surface area (Å²) in [6.45, 7) is 0.462. The summed E-state index contributed by atoms with van der Waals surface area (Å²) in [6.07, 6.45) is 3.02. The molecule has 0 spiro atoms. The van der Waals surface area contributed by atoms with E-state index in [1.807, 2.05) is 6.07 Å². The largest absolute Gasteiger partial charge is 0.481 e. The number of hydrogen-bond acceptors (Lipinski definition) is 4. The third-order valence-corrected chi connectivity index (χ3v) is 2.82. The van der Waals surface area contributed by atoms with E-state index in [0.717, 1.165) is 5.56 Å². The fraction of sp³-hybridized carbons (Fsp3) is 0.455. The lowest BCUT2D eigenvalue weighted by atomic mass is 10.2. The van der Waals surface area contributed by atoms with E-state index in [4.69, 9.17) is 9.84 Å². The van der Waals surface area contributed by atoms with Gasteiger partial charge in [0.15, 0.2) is 0 Å². The van der Waals surface area contributed by atoms with Crippen LogP contribution in [0.2, 0.25) is 0 Å². The SMILES string of the molecule is COc1ncccc1CNC1(C(=O)O)CC1. The molecule has 1 aromatic heterocycles. The molecule has 86 valence electrons. The normalized spacial score (nSPS) is 16.8. The number of ether oxygens (including phenoxy) is 1. The molecule has 1 aliphatic carbocycles. The Bertz CT molecular complexity index is 402. The van der Waals surface area contributed by atoms with E-state index in [2.05, 4.69) is 10.3 Å². The molecule has 0 amide bonds. The Morgan fingerprint density at radius 1 is 1.69 bits per heavy atom. The van der Waals surface area contributed by atoms with Gasteiger partial charge in [-0.25, -0.2) is 4.98 Å². The van der Waals surface area contributed by atoms with Gasteiger partial charge >= 0.3 is 5.97 Å². The monoisotopic (exact) mass is 222 g/mol. The molecule has 16 heavy (non-hydrogen) atoms. The Balaban J connectivity index is 2.02. The van der Waals surface area contributed by atoms with Crippen molar-refractivity contribution < 1.29 is 14.6 Å². The van der Waals surface area contributed by atoms with Crippen LogP contribution in [0.25, 0.3) is 0 Å². The molecule has 0 atom stereocenters. The summed E-state index contributed by atoms with van der Waals surface area (Å²) in [6, 6.07) is 3.68. The third kappa shape index (κ3) is 1.99. The van der Waals surface area contributed by atoms with Crippen LogP contribution in [-0.2, 0) is 11.3 Å². The molecule has 5 heteroatoms. The predicted octanol–water partition coefficient (Wildman–Crippen LogP) is 0.797. The third-order valence-electron chi connectivity index (χ3n) is 2.82. The van der Waals surface area contributed by atoms with E-state index in [0.29, 0.717) is 25.3 Å². The zero-order valence-corrected chi connectivity index (χ0v) is 9.06. The first kappa shape index (κ1) is 10.9. The first-order valence-corrected chi connectivity index (χ1v) is 5.14. The van der Waals surface area contributed by atoms with Crippen molar-refractivity contribution in [2.75, 3.05) is 7.11 Å². The van der Waals surface area contributed by atoms with Gasteiger partial charge in [0, 0.05) is 18.3 Å². The van der Waals surface area contributed by atoms with Crippen molar-refractivity contribution in [1.29, 1.82) is 0 Å². The smallest absolute Gasteiger partial charge is 0.323 e. The van der Waals surface area contributed by atoms with E-state index in [9.17, 15) is 4.79 Å². The van der Waals surface area contributed by atoms with Gasteiger partial charge in [-0.05, 0) is 18.9 Å². The molecule has 0 unspecified atom stereocenters. The number of nitrogens with zero attached hydrogens (tertiary/aromatic N) is 1. The van der Waals surface area contributed by atoms with E-state index in [-0.39, 0.29) is 0 Å². The Hall–Kier alpha value is -1.62. The zero-order valence-electron chi connectivity index (χ0n) is 9.06. The molecule has 0 saturated heterocycles. The van der Waals surface area contributed by atoms with Crippen LogP contribution in [0.5, 0.6) is 5.88 Å².